The van der Waals surface area contributed by atoms with Crippen LogP contribution in [0, 0.1) is 11.8 Å². The Kier molecular flexibility index (Phi) is 9.35. The number of carboxylic acid groups (broad SMARTS) is 1. The summed E-state index contributed by atoms with van der Waals surface area (Å²) in [6.07, 6.45) is 5.27. The van der Waals surface area contributed by atoms with Crippen molar-refractivity contribution in [1.82, 2.24) is 16.1 Å². The number of carbonyl (C=O) groups excluding carboxylic acids is 2. The molecule has 4 N–H and O–H groups in total. The molecule has 0 heterocycles. The Morgan fingerprint density at radius 1 is 1.03 bits per heavy atom. The van der Waals surface area contributed by atoms with Crippen molar-refractivity contribution in [2.45, 2.75) is 57.4 Å². The number of benzene rings is 2. The van der Waals surface area contributed by atoms with E-state index in [1.54, 1.807) is 0 Å². The van der Waals surface area contributed by atoms with Crippen molar-refractivity contribution in [3.05, 3.63) is 59.7 Å². The molecule has 0 bridgehead atoms. The molecule has 2 aromatic rings. The molecule has 0 saturated heterocycles. The molecule has 2 aromatic carbocycles. The molecule has 1 atom stereocenters. The molecule has 9 nitrogen and oxygen atoms in total. The lowest BCUT2D eigenvalue weighted by molar-refractivity contribution is -0.143. The molecule has 2 aliphatic carbocycles. The van der Waals surface area contributed by atoms with Crippen LogP contribution in [-0.4, -0.2) is 48.6 Å². The third-order valence-electron chi connectivity index (χ3n) is 7.41. The summed E-state index contributed by atoms with van der Waals surface area (Å²) < 4.78 is 5.62. The maximum Gasteiger partial charge on any atom is 0.407 e. The number of nitrogens with zero attached hydrogens (tertiary/aromatic N) is 1. The van der Waals surface area contributed by atoms with Crippen LogP contribution in [0.5, 0.6) is 0 Å². The lowest BCUT2D eigenvalue weighted by Crippen LogP contribution is -2.39. The van der Waals surface area contributed by atoms with Gasteiger partial charge in [0.1, 0.15) is 6.61 Å². The molecule has 202 valence electrons. The zero-order valence-corrected chi connectivity index (χ0v) is 21.7. The minimum absolute atomic E-state index is 0.0176. The molecular weight excluding hydrogens is 484 g/mol. The highest BCUT2D eigenvalue weighted by Crippen LogP contribution is 2.44. The van der Waals surface area contributed by atoms with Crippen molar-refractivity contribution >= 4 is 24.3 Å². The molecule has 3 amide bonds. The van der Waals surface area contributed by atoms with Crippen molar-refractivity contribution in [2.75, 3.05) is 13.2 Å². The zero-order chi connectivity index (χ0) is 26.9. The van der Waals surface area contributed by atoms with Crippen molar-refractivity contribution in [1.29, 1.82) is 0 Å². The van der Waals surface area contributed by atoms with E-state index in [2.05, 4.69) is 45.4 Å². The van der Waals surface area contributed by atoms with Crippen molar-refractivity contribution in [2.24, 2.45) is 16.9 Å². The highest BCUT2D eigenvalue weighted by Gasteiger charge is 2.29. The van der Waals surface area contributed by atoms with Crippen LogP contribution >= 0.6 is 0 Å². The number of hydrogen-bond donors (Lipinski definition) is 4. The van der Waals surface area contributed by atoms with Gasteiger partial charge in [-0.3, -0.25) is 4.79 Å². The van der Waals surface area contributed by atoms with Crippen LogP contribution in [0.15, 0.2) is 53.6 Å². The normalized spacial score (nSPS) is 19.3. The fourth-order valence-electron chi connectivity index (χ4n) is 5.36. The predicted octanol–water partition coefficient (Wildman–Crippen LogP) is 4.87. The number of aliphatic carboxylic acids is 1. The average molecular weight is 521 g/mol. The maximum absolute atomic E-state index is 12.6. The average Bonchev–Trinajstić information content (AvgIpc) is 3.24. The third-order valence-corrected chi connectivity index (χ3v) is 7.41. The summed E-state index contributed by atoms with van der Waals surface area (Å²) in [5.74, 6) is -0.764. The first kappa shape index (κ1) is 27.2. The van der Waals surface area contributed by atoms with Gasteiger partial charge in [-0.25, -0.2) is 15.0 Å². The van der Waals surface area contributed by atoms with Gasteiger partial charge >= 0.3 is 18.1 Å². The van der Waals surface area contributed by atoms with Gasteiger partial charge in [0.15, 0.2) is 0 Å². The van der Waals surface area contributed by atoms with E-state index in [4.69, 9.17) is 9.84 Å². The minimum Gasteiger partial charge on any atom is -0.481 e. The molecule has 0 aromatic heterocycles. The summed E-state index contributed by atoms with van der Waals surface area (Å²) >= 11 is 0. The number of fused-ring (bicyclic) bond motifs is 3. The SMILES string of the molecule is CCC[C@@H](/C=N/NC(=O)NCC1CCC(C(=O)O)CC1)NC(=O)OCC1c2ccccc2-c2ccccc21. The number of nitrogens with one attached hydrogen (secondary N) is 3. The number of carbonyl (C=O) groups is 3. The monoisotopic (exact) mass is 520 g/mol. The van der Waals surface area contributed by atoms with E-state index < -0.39 is 18.1 Å². The molecule has 0 radical (unpaired) electrons. The second kappa shape index (κ2) is 13.1. The Hall–Kier alpha value is -3.88. The summed E-state index contributed by atoms with van der Waals surface area (Å²) in [5, 5.41) is 18.7. The quantitative estimate of drug-likeness (QED) is 0.262. The molecular formula is C29H36N4O5. The van der Waals surface area contributed by atoms with E-state index in [1.165, 1.54) is 17.3 Å². The first-order valence-electron chi connectivity index (χ1n) is 13.4. The van der Waals surface area contributed by atoms with Crippen LogP contribution in [0.4, 0.5) is 9.59 Å². The summed E-state index contributed by atoms with van der Waals surface area (Å²) in [5.41, 5.74) is 7.09. The smallest absolute Gasteiger partial charge is 0.407 e. The minimum atomic E-state index is -0.739. The summed E-state index contributed by atoms with van der Waals surface area (Å²) in [7, 11) is 0. The van der Waals surface area contributed by atoms with Crippen LogP contribution in [0.2, 0.25) is 0 Å². The fourth-order valence-corrected chi connectivity index (χ4v) is 5.36. The van der Waals surface area contributed by atoms with E-state index in [9.17, 15) is 14.4 Å². The number of alkyl carbamates (subject to hydrolysis) is 1. The molecule has 1 saturated carbocycles. The Balaban J connectivity index is 1.22. The number of ether oxygens (including phenoxy) is 1. The van der Waals surface area contributed by atoms with E-state index in [0.29, 0.717) is 25.8 Å². The van der Waals surface area contributed by atoms with Crippen LogP contribution in [-0.2, 0) is 9.53 Å². The highest BCUT2D eigenvalue weighted by atomic mass is 16.5. The summed E-state index contributed by atoms with van der Waals surface area (Å²) in [4.78, 5) is 35.8. The van der Waals surface area contributed by atoms with Gasteiger partial charge in [-0.1, -0.05) is 61.9 Å². The third kappa shape index (κ3) is 6.90. The van der Waals surface area contributed by atoms with Gasteiger partial charge in [-0.2, -0.15) is 5.10 Å². The fraction of sp³-hybridized carbons (Fsp3) is 0.448. The van der Waals surface area contributed by atoms with E-state index in [1.807, 2.05) is 31.2 Å². The number of rotatable bonds is 10. The summed E-state index contributed by atoms with van der Waals surface area (Å²) in [6.45, 7) is 2.70. The van der Waals surface area contributed by atoms with Gasteiger partial charge in [0.05, 0.1) is 12.0 Å². The topological polar surface area (TPSA) is 129 Å². The Morgan fingerprint density at radius 2 is 1.66 bits per heavy atom. The molecule has 38 heavy (non-hydrogen) atoms. The lowest BCUT2D eigenvalue weighted by atomic mass is 9.82. The Morgan fingerprint density at radius 3 is 2.26 bits per heavy atom. The molecule has 0 unspecified atom stereocenters. The molecule has 0 aliphatic heterocycles. The van der Waals surface area contributed by atoms with Gasteiger partial charge in [0, 0.05) is 18.7 Å². The highest BCUT2D eigenvalue weighted by molar-refractivity contribution is 5.80. The zero-order valence-electron chi connectivity index (χ0n) is 21.7. The van der Waals surface area contributed by atoms with E-state index >= 15 is 0 Å². The number of carboxylic acids is 1. The largest absolute Gasteiger partial charge is 0.481 e. The molecule has 4 rings (SSSR count). The van der Waals surface area contributed by atoms with E-state index in [-0.39, 0.29) is 30.4 Å². The molecule has 2 aliphatic rings. The van der Waals surface area contributed by atoms with Gasteiger partial charge in [0.25, 0.3) is 0 Å². The van der Waals surface area contributed by atoms with Gasteiger partial charge in [-0.05, 0) is 60.3 Å². The lowest BCUT2D eigenvalue weighted by Gasteiger charge is -2.25. The molecule has 9 heteroatoms. The molecule has 0 spiro atoms. The van der Waals surface area contributed by atoms with Gasteiger partial charge in [0.2, 0.25) is 0 Å². The van der Waals surface area contributed by atoms with Gasteiger partial charge in [-0.15, -0.1) is 0 Å². The maximum atomic E-state index is 12.6. The standard InChI is InChI=1S/C29H36N4O5/c1-2-7-21(17-31-33-28(36)30-16-19-12-14-20(15-13-19)27(34)35)32-29(37)38-18-26-24-10-5-3-8-22(24)23-9-4-6-11-25(23)26/h3-6,8-11,17,19-21,26H,2,7,12-16,18H2,1H3,(H,32,37)(H,34,35)(H2,30,33,36)/b31-17+/t19?,20?,21-/m0/s1. The number of hydrogen-bond acceptors (Lipinski definition) is 5. The first-order chi connectivity index (χ1) is 18.5. The van der Waals surface area contributed by atoms with Crippen molar-refractivity contribution in [3.8, 4) is 11.1 Å². The first-order valence-corrected chi connectivity index (χ1v) is 13.4. The second-order valence-corrected chi connectivity index (χ2v) is 10.0. The van der Waals surface area contributed by atoms with Gasteiger partial charge < -0.3 is 20.5 Å². The summed E-state index contributed by atoms with van der Waals surface area (Å²) in [6, 6.07) is 15.5. The number of hydrazone groups is 1. The van der Waals surface area contributed by atoms with Crippen molar-refractivity contribution in [3.63, 3.8) is 0 Å². The molecule has 1 fully saturated rings. The van der Waals surface area contributed by atoms with Crippen LogP contribution < -0.4 is 16.1 Å². The van der Waals surface area contributed by atoms with Crippen LogP contribution in [0.25, 0.3) is 11.1 Å². The number of amides is 3. The Labute approximate surface area is 223 Å². The van der Waals surface area contributed by atoms with Crippen molar-refractivity contribution < 1.29 is 24.2 Å². The van der Waals surface area contributed by atoms with E-state index in [0.717, 1.165) is 30.4 Å². The second-order valence-electron chi connectivity index (χ2n) is 10.0. The Bertz CT molecular complexity index is 1110. The van der Waals surface area contributed by atoms with Crippen LogP contribution in [0.3, 0.4) is 0 Å². The number of urea groups is 1. The van der Waals surface area contributed by atoms with Crippen LogP contribution in [0.1, 0.15) is 62.5 Å². The predicted molar refractivity (Wildman–Crippen MR) is 145 cm³/mol.